The van der Waals surface area contributed by atoms with Gasteiger partial charge in [0.15, 0.2) is 0 Å². The third kappa shape index (κ3) is 10.7. The number of allylic oxidation sites excluding steroid dienone is 4. The zero-order chi connectivity index (χ0) is 24.4. The van der Waals surface area contributed by atoms with Crippen LogP contribution in [0.25, 0.3) is 5.57 Å². The fourth-order valence-corrected chi connectivity index (χ4v) is 11.7. The van der Waals surface area contributed by atoms with E-state index in [1.165, 1.54) is 24.6 Å². The third-order valence-corrected chi connectivity index (χ3v) is 12.6. The molecule has 0 bridgehead atoms. The van der Waals surface area contributed by atoms with Gasteiger partial charge < -0.3 is 30.3 Å². The molecular weight excluding hydrogens is 490 g/mol. The van der Waals surface area contributed by atoms with Gasteiger partial charge in [0.25, 0.3) is 0 Å². The summed E-state index contributed by atoms with van der Waals surface area (Å²) < 4.78 is 0. The number of hydrogen-bond donors (Lipinski definition) is 0. The van der Waals surface area contributed by atoms with Crippen LogP contribution in [0.3, 0.4) is 0 Å². The molecule has 0 aliphatic heterocycles. The second-order valence-corrected chi connectivity index (χ2v) is 15.7. The molecule has 0 fully saturated rings. The molecule has 0 saturated carbocycles. The molecule has 0 spiro atoms. The maximum atomic E-state index is 2.55. The molecule has 1 aliphatic carbocycles. The summed E-state index contributed by atoms with van der Waals surface area (Å²) in [7, 11) is -0.153. The van der Waals surface area contributed by atoms with Crippen molar-refractivity contribution in [3.63, 3.8) is 0 Å². The third-order valence-electron chi connectivity index (χ3n) is 5.58. The zero-order valence-electron chi connectivity index (χ0n) is 22.9. The van der Waals surface area contributed by atoms with Gasteiger partial charge in [-0.1, -0.05) is 81.5 Å². The van der Waals surface area contributed by atoms with E-state index >= 15 is 0 Å². The van der Waals surface area contributed by atoms with E-state index in [-0.39, 0.29) is 32.9 Å². The Balaban J connectivity index is 0.000000851. The van der Waals surface area contributed by atoms with Crippen LogP contribution in [0.5, 0.6) is 0 Å². The molecule has 2 aromatic rings. The summed E-state index contributed by atoms with van der Waals surface area (Å²) in [6.45, 7) is 19.3. The van der Waals surface area contributed by atoms with Crippen molar-refractivity contribution in [3.8, 4) is 0 Å². The monoisotopic (exact) mass is 538 g/mol. The van der Waals surface area contributed by atoms with Gasteiger partial charge in [-0.05, 0) is 54.7 Å². The summed E-state index contributed by atoms with van der Waals surface area (Å²) in [4.78, 5) is 0. The molecule has 2 aromatic carbocycles. The van der Waals surface area contributed by atoms with Crippen LogP contribution in [0, 0.1) is 23.7 Å². The minimum Gasteiger partial charge on any atom is -0.748 e. The van der Waals surface area contributed by atoms with Gasteiger partial charge in [-0.2, -0.15) is 11.6 Å². The quantitative estimate of drug-likeness (QED) is 0.152. The molecule has 196 valence electrons. The Labute approximate surface area is 224 Å². The predicted molar refractivity (Wildman–Crippen MR) is 158 cm³/mol. The van der Waals surface area contributed by atoms with Crippen molar-refractivity contribution in [3.05, 3.63) is 66.3 Å². The van der Waals surface area contributed by atoms with Gasteiger partial charge in [0.05, 0.1) is 0 Å². The van der Waals surface area contributed by atoms with E-state index in [4.69, 9.17) is 0 Å². The Bertz CT molecular complexity index is 800. The van der Waals surface area contributed by atoms with Gasteiger partial charge in [-0.25, -0.2) is 6.07 Å². The minimum absolute atomic E-state index is 0. The van der Waals surface area contributed by atoms with E-state index in [2.05, 4.69) is 85.8 Å². The molecule has 0 heterocycles. The van der Waals surface area contributed by atoms with Crippen molar-refractivity contribution >= 4 is 32.0 Å². The van der Waals surface area contributed by atoms with Crippen LogP contribution in [0.2, 0.25) is 0 Å². The second kappa shape index (κ2) is 16.3. The summed E-state index contributed by atoms with van der Waals surface area (Å²) in [5, 5.41) is 3.58. The first-order chi connectivity index (χ1) is 15.7. The fourth-order valence-electron chi connectivity index (χ4n) is 4.56. The Morgan fingerprint density at radius 3 is 1.62 bits per heavy atom. The van der Waals surface area contributed by atoms with Crippen LogP contribution >= 0.6 is 15.8 Å². The summed E-state index contributed by atoms with van der Waals surface area (Å²) in [6.07, 6.45) is 13.6. The average Bonchev–Trinajstić information content (AvgIpc) is 3.48. The van der Waals surface area contributed by atoms with Crippen molar-refractivity contribution in [2.24, 2.45) is 23.7 Å². The molecule has 0 aromatic heterocycles. The predicted octanol–water partition coefficient (Wildman–Crippen LogP) is 8.99. The van der Waals surface area contributed by atoms with Crippen molar-refractivity contribution in [1.82, 2.24) is 0 Å². The molecule has 0 saturated heterocycles. The van der Waals surface area contributed by atoms with Crippen molar-refractivity contribution < 1.29 is 17.1 Å². The molecule has 34 heavy (non-hydrogen) atoms. The number of rotatable bonds is 11. The topological polar surface area (TPSA) is 0 Å². The van der Waals surface area contributed by atoms with Crippen LogP contribution in [-0.4, -0.2) is 24.6 Å². The molecule has 0 radical (unpaired) electrons. The van der Waals surface area contributed by atoms with E-state index in [1.807, 2.05) is 30.3 Å². The molecule has 0 amide bonds. The van der Waals surface area contributed by atoms with Gasteiger partial charge in [0.2, 0.25) is 0 Å². The van der Waals surface area contributed by atoms with Crippen LogP contribution < -0.4 is 10.6 Å². The molecule has 3 rings (SSSR count). The van der Waals surface area contributed by atoms with Gasteiger partial charge >= 0.3 is 0 Å². The van der Waals surface area contributed by atoms with Crippen molar-refractivity contribution in [2.75, 3.05) is 24.6 Å². The summed E-state index contributed by atoms with van der Waals surface area (Å²) in [6, 6.07) is 15.0. The Hall–Kier alpha value is -0.441. The number of hydrogen-bond acceptors (Lipinski definition) is 0. The minimum atomic E-state index is -0.0902. The smallest absolute Gasteiger partial charge is 0 e. The molecule has 0 atom stereocenters. The van der Waals surface area contributed by atoms with E-state index in [9.17, 15) is 0 Å². The van der Waals surface area contributed by atoms with Gasteiger partial charge in [-0.3, -0.25) is 0 Å². The normalized spacial score (nSPS) is 13.3. The van der Waals surface area contributed by atoms with Crippen molar-refractivity contribution in [2.45, 2.75) is 61.8 Å². The SMILES string of the molecule is CC(C)CP(CC(C)C)c1c(C2=CC=CC2)cc[c-]1P(CC(C)C)CC(C)C.[Fe].[cH-]1[cH-][cH-][cH-][cH-]1. The summed E-state index contributed by atoms with van der Waals surface area (Å²) >= 11 is 0. The zero-order valence-corrected chi connectivity index (χ0v) is 25.8. The Kier molecular flexibility index (Phi) is 15.2. The van der Waals surface area contributed by atoms with E-state index in [0.29, 0.717) is 0 Å². The average molecular weight is 539 g/mol. The Morgan fingerprint density at radius 1 is 0.765 bits per heavy atom. The van der Waals surface area contributed by atoms with Crippen LogP contribution in [-0.2, 0) is 17.1 Å². The van der Waals surface area contributed by atoms with Crippen molar-refractivity contribution in [1.29, 1.82) is 0 Å². The van der Waals surface area contributed by atoms with Crippen LogP contribution in [0.1, 0.15) is 67.4 Å². The van der Waals surface area contributed by atoms with Crippen LogP contribution in [0.4, 0.5) is 0 Å². The first kappa shape index (κ1) is 31.6. The van der Waals surface area contributed by atoms with Gasteiger partial charge in [-0.15, -0.1) is 24.1 Å². The molecule has 3 heteroatoms. The molecule has 0 nitrogen and oxygen atoms in total. The molecule has 0 unspecified atom stereocenters. The maximum Gasteiger partial charge on any atom is 0 e. The molecule has 0 N–H and O–H groups in total. The first-order valence-corrected chi connectivity index (χ1v) is 16.4. The second-order valence-electron chi connectivity index (χ2n) is 11.2. The first-order valence-electron chi connectivity index (χ1n) is 13.0. The molecular formula is C31H48FeP2-6. The van der Waals surface area contributed by atoms with E-state index in [1.54, 1.807) is 21.7 Å². The van der Waals surface area contributed by atoms with E-state index in [0.717, 1.165) is 30.1 Å². The Morgan fingerprint density at radius 2 is 1.24 bits per heavy atom. The summed E-state index contributed by atoms with van der Waals surface area (Å²) in [5.41, 5.74) is 3.16. The largest absolute Gasteiger partial charge is 0.748 e. The standard InChI is InChI=1S/C26H43P2.C5H5.Fe/c1-19(2)15-27(16-20(3)4)25-14-13-24(23-11-9-10-12-23)26(25)28(17-21(5)6)18-22(7)8;1-2-4-5-3-1;/h9-11,13-14,19-22H,12,15-18H2,1-8H3;1-5H;/q-1;-5;. The van der Waals surface area contributed by atoms with Gasteiger partial charge in [0, 0.05) is 17.1 Å². The van der Waals surface area contributed by atoms with E-state index < -0.39 is 0 Å². The van der Waals surface area contributed by atoms with Gasteiger partial charge in [0.1, 0.15) is 0 Å². The van der Waals surface area contributed by atoms with Crippen LogP contribution in [0.15, 0.2) is 60.7 Å². The fraction of sp³-hybridized carbons (Fsp3) is 0.548. The summed E-state index contributed by atoms with van der Waals surface area (Å²) in [5.74, 6) is 3.12. The molecule has 1 aliphatic rings. The maximum absolute atomic E-state index is 2.55.